The van der Waals surface area contributed by atoms with Gasteiger partial charge in [0.2, 0.25) is 0 Å². The Hall–Kier alpha value is -2.57. The molecule has 0 saturated heterocycles. The molecule has 1 aromatic carbocycles. The maximum Gasteiger partial charge on any atom is 0.433 e. The van der Waals surface area contributed by atoms with Crippen molar-refractivity contribution in [1.29, 1.82) is 0 Å². The van der Waals surface area contributed by atoms with Gasteiger partial charge in [-0.3, -0.25) is 4.98 Å². The zero-order valence-corrected chi connectivity index (χ0v) is 12.6. The lowest BCUT2D eigenvalue weighted by molar-refractivity contribution is -0.141. The summed E-state index contributed by atoms with van der Waals surface area (Å²) in [7, 11) is 2.98. The van der Waals surface area contributed by atoms with E-state index in [4.69, 9.17) is 0 Å². The van der Waals surface area contributed by atoms with Crippen molar-refractivity contribution in [2.75, 3.05) is 19.1 Å². The van der Waals surface area contributed by atoms with Crippen molar-refractivity contribution >= 4 is 11.7 Å². The molecule has 7 heteroatoms. The fourth-order valence-electron chi connectivity index (χ4n) is 2.04. The molecule has 2 aromatic rings. The summed E-state index contributed by atoms with van der Waals surface area (Å²) in [5.74, 6) is -0.436. The van der Waals surface area contributed by atoms with Gasteiger partial charge in [0.15, 0.2) is 0 Å². The summed E-state index contributed by atoms with van der Waals surface area (Å²) >= 11 is 0. The Morgan fingerprint density at radius 2 is 1.87 bits per heavy atom. The molecule has 0 unspecified atom stereocenters. The Kier molecular flexibility index (Phi) is 4.88. The summed E-state index contributed by atoms with van der Waals surface area (Å²) in [6.45, 7) is 0.392. The first-order chi connectivity index (χ1) is 10.8. The number of rotatable bonds is 4. The van der Waals surface area contributed by atoms with Gasteiger partial charge in [0, 0.05) is 25.5 Å². The highest BCUT2D eigenvalue weighted by Gasteiger charge is 2.32. The Morgan fingerprint density at radius 1 is 1.22 bits per heavy atom. The van der Waals surface area contributed by atoms with Crippen LogP contribution < -0.4 is 4.90 Å². The van der Waals surface area contributed by atoms with Crippen molar-refractivity contribution in [1.82, 2.24) is 4.98 Å². The van der Waals surface area contributed by atoms with Crippen LogP contribution in [-0.4, -0.2) is 25.1 Å². The number of pyridine rings is 1. The molecule has 0 aliphatic carbocycles. The van der Waals surface area contributed by atoms with Crippen molar-refractivity contribution in [2.45, 2.75) is 12.7 Å². The molecule has 0 aliphatic heterocycles. The van der Waals surface area contributed by atoms with Gasteiger partial charge in [0.25, 0.3) is 0 Å². The fourth-order valence-corrected chi connectivity index (χ4v) is 2.04. The fraction of sp³-hybridized carbons (Fsp3) is 0.250. The second-order valence-electron chi connectivity index (χ2n) is 4.94. The van der Waals surface area contributed by atoms with E-state index in [1.54, 1.807) is 36.2 Å². The van der Waals surface area contributed by atoms with Crippen molar-refractivity contribution in [3.8, 4) is 0 Å². The number of methoxy groups -OCH3 is 1. The Labute approximate surface area is 131 Å². The Morgan fingerprint density at radius 3 is 2.43 bits per heavy atom. The molecule has 0 saturated carbocycles. The number of carbonyl (C=O) groups excluding carboxylic acids is 1. The van der Waals surface area contributed by atoms with Gasteiger partial charge in [-0.15, -0.1) is 0 Å². The molecule has 2 rings (SSSR count). The SMILES string of the molecule is COC(=O)c1ccc(CN(C)c2ccnc(C(F)(F)F)c2)cc1. The molecule has 0 spiro atoms. The quantitative estimate of drug-likeness (QED) is 0.807. The lowest BCUT2D eigenvalue weighted by Gasteiger charge is -2.20. The lowest BCUT2D eigenvalue weighted by Crippen LogP contribution is -2.18. The van der Waals surface area contributed by atoms with Crippen LogP contribution >= 0.6 is 0 Å². The first kappa shape index (κ1) is 16.8. The van der Waals surface area contributed by atoms with E-state index in [9.17, 15) is 18.0 Å². The van der Waals surface area contributed by atoms with E-state index in [1.807, 2.05) is 0 Å². The maximum atomic E-state index is 12.7. The van der Waals surface area contributed by atoms with Crippen molar-refractivity contribution < 1.29 is 22.7 Å². The molecule has 122 valence electrons. The lowest BCUT2D eigenvalue weighted by atomic mass is 10.1. The van der Waals surface area contributed by atoms with Gasteiger partial charge in [-0.1, -0.05) is 12.1 Å². The third-order valence-corrected chi connectivity index (χ3v) is 3.27. The molecule has 1 heterocycles. The van der Waals surface area contributed by atoms with Gasteiger partial charge in [-0.05, 0) is 29.8 Å². The molecule has 0 bridgehead atoms. The molecular weight excluding hydrogens is 309 g/mol. The summed E-state index contributed by atoms with van der Waals surface area (Å²) < 4.78 is 42.7. The van der Waals surface area contributed by atoms with E-state index >= 15 is 0 Å². The molecule has 4 nitrogen and oxygen atoms in total. The van der Waals surface area contributed by atoms with E-state index in [0.29, 0.717) is 17.8 Å². The number of carbonyl (C=O) groups is 1. The van der Waals surface area contributed by atoms with Crippen LogP contribution in [0.5, 0.6) is 0 Å². The van der Waals surface area contributed by atoms with E-state index in [1.165, 1.54) is 13.2 Å². The molecule has 0 atom stereocenters. The number of alkyl halides is 3. The molecule has 0 N–H and O–H groups in total. The van der Waals surface area contributed by atoms with Crippen LogP contribution in [0.3, 0.4) is 0 Å². The van der Waals surface area contributed by atoms with Crippen LogP contribution in [0.4, 0.5) is 18.9 Å². The standard InChI is InChI=1S/C16H15F3N2O2/c1-21(13-7-8-20-14(9-13)16(17,18)19)10-11-3-5-12(6-4-11)15(22)23-2/h3-9H,10H2,1-2H3. The van der Waals surface area contributed by atoms with Gasteiger partial charge in [0.1, 0.15) is 5.69 Å². The summed E-state index contributed by atoms with van der Waals surface area (Å²) in [6.07, 6.45) is -3.34. The average Bonchev–Trinajstić information content (AvgIpc) is 2.54. The highest BCUT2D eigenvalue weighted by atomic mass is 19.4. The predicted molar refractivity (Wildman–Crippen MR) is 79.1 cm³/mol. The minimum absolute atomic E-state index is 0.392. The van der Waals surface area contributed by atoms with Gasteiger partial charge < -0.3 is 9.64 Å². The van der Waals surface area contributed by atoms with Crippen LogP contribution in [0.1, 0.15) is 21.6 Å². The normalized spacial score (nSPS) is 11.2. The van der Waals surface area contributed by atoms with E-state index < -0.39 is 17.8 Å². The number of halogens is 3. The maximum absolute atomic E-state index is 12.7. The predicted octanol–water partition coefficient (Wildman–Crippen LogP) is 3.52. The molecule has 0 fully saturated rings. The minimum atomic E-state index is -4.47. The summed E-state index contributed by atoms with van der Waals surface area (Å²) in [6, 6.07) is 9.20. The first-order valence-electron chi connectivity index (χ1n) is 6.73. The Bertz CT molecular complexity index is 684. The van der Waals surface area contributed by atoms with Crippen LogP contribution in [0.15, 0.2) is 42.6 Å². The summed E-state index contributed by atoms with van der Waals surface area (Å²) in [5, 5.41) is 0. The number of ether oxygens (including phenoxy) is 1. The van der Waals surface area contributed by atoms with E-state index in [-0.39, 0.29) is 0 Å². The third-order valence-electron chi connectivity index (χ3n) is 3.27. The van der Waals surface area contributed by atoms with Crippen molar-refractivity contribution in [2.24, 2.45) is 0 Å². The number of nitrogens with zero attached hydrogens (tertiary/aromatic N) is 2. The zero-order valence-electron chi connectivity index (χ0n) is 12.6. The molecule has 0 aliphatic rings. The molecule has 23 heavy (non-hydrogen) atoms. The zero-order chi connectivity index (χ0) is 17.0. The number of hydrogen-bond acceptors (Lipinski definition) is 4. The molecular formula is C16H15F3N2O2. The van der Waals surface area contributed by atoms with Crippen LogP contribution in [0, 0.1) is 0 Å². The molecule has 1 aromatic heterocycles. The van der Waals surface area contributed by atoms with Gasteiger partial charge >= 0.3 is 12.1 Å². The number of anilines is 1. The van der Waals surface area contributed by atoms with Crippen molar-refractivity contribution in [3.05, 3.63) is 59.4 Å². The van der Waals surface area contributed by atoms with Gasteiger partial charge in [-0.2, -0.15) is 13.2 Å². The average molecular weight is 324 g/mol. The largest absolute Gasteiger partial charge is 0.465 e. The number of benzene rings is 1. The smallest absolute Gasteiger partial charge is 0.433 e. The van der Waals surface area contributed by atoms with E-state index in [2.05, 4.69) is 9.72 Å². The van der Waals surface area contributed by atoms with Crippen LogP contribution in [0.25, 0.3) is 0 Å². The topological polar surface area (TPSA) is 42.4 Å². The third kappa shape index (κ3) is 4.21. The van der Waals surface area contributed by atoms with Gasteiger partial charge in [-0.25, -0.2) is 4.79 Å². The second-order valence-corrected chi connectivity index (χ2v) is 4.94. The summed E-state index contributed by atoms with van der Waals surface area (Å²) in [5.41, 5.74) is 0.750. The summed E-state index contributed by atoms with van der Waals surface area (Å²) in [4.78, 5) is 16.4. The highest BCUT2D eigenvalue weighted by molar-refractivity contribution is 5.89. The first-order valence-corrected chi connectivity index (χ1v) is 6.73. The number of hydrogen-bond donors (Lipinski definition) is 0. The van der Waals surface area contributed by atoms with Crippen molar-refractivity contribution in [3.63, 3.8) is 0 Å². The monoisotopic (exact) mass is 324 g/mol. The molecule has 0 radical (unpaired) electrons. The minimum Gasteiger partial charge on any atom is -0.465 e. The number of aromatic nitrogens is 1. The Balaban J connectivity index is 2.13. The second kappa shape index (κ2) is 6.68. The van der Waals surface area contributed by atoms with Gasteiger partial charge in [0.05, 0.1) is 12.7 Å². The number of esters is 1. The highest BCUT2D eigenvalue weighted by Crippen LogP contribution is 2.29. The van der Waals surface area contributed by atoms with Crippen LogP contribution in [0.2, 0.25) is 0 Å². The molecule has 0 amide bonds. The van der Waals surface area contributed by atoms with E-state index in [0.717, 1.165) is 17.8 Å². The van der Waals surface area contributed by atoms with Crippen LogP contribution in [-0.2, 0) is 17.5 Å².